The van der Waals surface area contributed by atoms with Crippen LogP contribution in [0.25, 0.3) is 0 Å². The van der Waals surface area contributed by atoms with Crippen molar-refractivity contribution in [3.8, 4) is 0 Å². The lowest BCUT2D eigenvalue weighted by molar-refractivity contribution is -0.0100. The second-order valence-electron chi connectivity index (χ2n) is 7.69. The second-order valence-corrected chi connectivity index (χ2v) is 7.69. The highest BCUT2D eigenvalue weighted by molar-refractivity contribution is 5.94. The molecule has 1 N–H and O–H groups in total. The van der Waals surface area contributed by atoms with Crippen LogP contribution in [0.5, 0.6) is 0 Å². The van der Waals surface area contributed by atoms with Gasteiger partial charge in [-0.05, 0) is 31.0 Å². The van der Waals surface area contributed by atoms with Crippen LogP contribution in [-0.4, -0.2) is 65.7 Å². The molecule has 2 aliphatic rings. The molecule has 1 saturated carbocycles. The molecule has 0 unspecified atom stereocenters. The van der Waals surface area contributed by atoms with Gasteiger partial charge in [-0.25, -0.2) is 0 Å². The Balaban J connectivity index is 1.41. The molecule has 4 rings (SSSR count). The zero-order valence-corrected chi connectivity index (χ0v) is 16.4. The Bertz CT molecular complexity index is 831. The molecule has 150 valence electrons. The lowest BCUT2D eigenvalue weighted by atomic mass is 10.1. The van der Waals surface area contributed by atoms with Gasteiger partial charge in [0.05, 0.1) is 25.0 Å². The Hall–Kier alpha value is -2.45. The van der Waals surface area contributed by atoms with Crippen molar-refractivity contribution in [1.82, 2.24) is 20.1 Å². The Morgan fingerprint density at radius 1 is 1.43 bits per heavy atom. The molecular formula is C20H27N5O3. The molecule has 28 heavy (non-hydrogen) atoms. The molecule has 1 amide bonds. The number of pyridine rings is 1. The number of ether oxygens (including phenoxy) is 2. The Kier molecular flexibility index (Phi) is 5.32. The van der Waals surface area contributed by atoms with Crippen LogP contribution in [0.3, 0.4) is 0 Å². The van der Waals surface area contributed by atoms with Crippen molar-refractivity contribution in [1.29, 1.82) is 0 Å². The summed E-state index contributed by atoms with van der Waals surface area (Å²) < 4.78 is 12.7. The van der Waals surface area contributed by atoms with Crippen LogP contribution in [0, 0.1) is 0 Å². The van der Waals surface area contributed by atoms with Crippen LogP contribution in [0.4, 0.5) is 5.69 Å². The maximum absolute atomic E-state index is 12.8. The number of hydrogen-bond donors (Lipinski definition) is 1. The number of aryl methyl sites for hydroxylation is 1. The number of aromatic nitrogens is 3. The molecule has 2 aromatic heterocycles. The van der Waals surface area contributed by atoms with Gasteiger partial charge in [0, 0.05) is 57.3 Å². The molecule has 3 heterocycles. The van der Waals surface area contributed by atoms with Gasteiger partial charge in [-0.15, -0.1) is 0 Å². The second kappa shape index (κ2) is 7.89. The third-order valence-electron chi connectivity index (χ3n) is 5.35. The smallest absolute Gasteiger partial charge is 0.270 e. The van der Waals surface area contributed by atoms with Gasteiger partial charge < -0.3 is 19.7 Å². The maximum Gasteiger partial charge on any atom is 0.270 e. The third kappa shape index (κ3) is 4.34. The first kappa shape index (κ1) is 18.9. The van der Waals surface area contributed by atoms with Crippen molar-refractivity contribution in [2.24, 2.45) is 7.05 Å². The largest absolute Gasteiger partial charge is 0.382 e. The maximum atomic E-state index is 12.8. The molecule has 1 aliphatic carbocycles. The fraction of sp³-hybridized carbons (Fsp3) is 0.550. The van der Waals surface area contributed by atoms with Crippen LogP contribution in [0.2, 0.25) is 0 Å². The predicted octanol–water partition coefficient (Wildman–Crippen LogP) is 1.17. The number of nitrogens with zero attached hydrogens (tertiary/aromatic N) is 4. The van der Waals surface area contributed by atoms with Gasteiger partial charge in [0.2, 0.25) is 0 Å². The lowest BCUT2D eigenvalue weighted by Gasteiger charge is -2.34. The van der Waals surface area contributed by atoms with Gasteiger partial charge in [-0.3, -0.25) is 14.5 Å². The van der Waals surface area contributed by atoms with Crippen molar-refractivity contribution in [2.45, 2.75) is 30.9 Å². The number of rotatable bonds is 7. The van der Waals surface area contributed by atoms with Gasteiger partial charge in [-0.2, -0.15) is 5.10 Å². The van der Waals surface area contributed by atoms with Crippen LogP contribution in [0.1, 0.15) is 29.0 Å². The zero-order valence-electron chi connectivity index (χ0n) is 16.4. The molecular weight excluding hydrogens is 358 g/mol. The molecule has 1 atom stereocenters. The summed E-state index contributed by atoms with van der Waals surface area (Å²) in [5.41, 5.74) is 2.24. The van der Waals surface area contributed by atoms with E-state index in [1.165, 1.54) is 0 Å². The standard InChI is InChI=1S/C20H27N5O3/c1-24-8-4-15(23-24)12-20(5-6-20)22-19(26)18-11-16(3-7-21-18)25-9-10-28-17(13-25)14-27-2/h3-4,7-8,11,17H,5-6,9-10,12-14H2,1-2H3,(H,22,26)/t17-/m0/s1. The quantitative estimate of drug-likeness (QED) is 0.771. The molecule has 1 saturated heterocycles. The van der Waals surface area contributed by atoms with E-state index < -0.39 is 0 Å². The highest BCUT2D eigenvalue weighted by Gasteiger charge is 2.44. The number of morpholine rings is 1. The van der Waals surface area contributed by atoms with Gasteiger partial charge >= 0.3 is 0 Å². The topological polar surface area (TPSA) is 81.5 Å². The average molecular weight is 385 g/mol. The van der Waals surface area contributed by atoms with Gasteiger partial charge in [0.25, 0.3) is 5.91 Å². The predicted molar refractivity (Wildman–Crippen MR) is 104 cm³/mol. The monoisotopic (exact) mass is 385 g/mol. The van der Waals surface area contributed by atoms with Gasteiger partial charge in [0.15, 0.2) is 0 Å². The van der Waals surface area contributed by atoms with E-state index in [9.17, 15) is 4.79 Å². The highest BCUT2D eigenvalue weighted by atomic mass is 16.5. The van der Waals surface area contributed by atoms with E-state index in [-0.39, 0.29) is 17.6 Å². The summed E-state index contributed by atoms with van der Waals surface area (Å²) in [5.74, 6) is -0.128. The minimum absolute atomic E-state index is 0.0392. The Morgan fingerprint density at radius 3 is 3.00 bits per heavy atom. The van der Waals surface area contributed by atoms with Crippen molar-refractivity contribution >= 4 is 11.6 Å². The summed E-state index contributed by atoms with van der Waals surface area (Å²) in [7, 11) is 3.58. The summed E-state index contributed by atoms with van der Waals surface area (Å²) in [6.45, 7) is 2.73. The number of nitrogens with one attached hydrogen (secondary N) is 1. The number of anilines is 1. The Morgan fingerprint density at radius 2 is 2.29 bits per heavy atom. The first-order chi connectivity index (χ1) is 13.6. The lowest BCUT2D eigenvalue weighted by Crippen LogP contribution is -2.44. The summed E-state index contributed by atoms with van der Waals surface area (Å²) in [6, 6.07) is 5.80. The van der Waals surface area contributed by atoms with Gasteiger partial charge in [0.1, 0.15) is 5.69 Å². The molecule has 8 heteroatoms. The first-order valence-corrected chi connectivity index (χ1v) is 9.69. The molecule has 0 bridgehead atoms. The summed E-state index contributed by atoms with van der Waals surface area (Å²) in [5, 5.41) is 7.62. The van der Waals surface area contributed by atoms with Crippen molar-refractivity contribution in [3.05, 3.63) is 42.0 Å². The van der Waals surface area contributed by atoms with Crippen molar-refractivity contribution < 1.29 is 14.3 Å². The number of methoxy groups -OCH3 is 1. The molecule has 0 aromatic carbocycles. The zero-order chi connectivity index (χ0) is 19.6. The average Bonchev–Trinajstić information content (AvgIpc) is 3.33. The van der Waals surface area contributed by atoms with Crippen LogP contribution >= 0.6 is 0 Å². The van der Waals surface area contributed by atoms with E-state index in [1.54, 1.807) is 18.0 Å². The molecule has 2 fully saturated rings. The molecule has 8 nitrogen and oxygen atoms in total. The SMILES string of the molecule is COC[C@@H]1CN(c2ccnc(C(=O)NC3(Cc4ccn(C)n4)CC3)c2)CCO1. The van der Waals surface area contributed by atoms with Crippen LogP contribution in [0.15, 0.2) is 30.6 Å². The van der Waals surface area contributed by atoms with E-state index in [0.717, 1.165) is 43.7 Å². The minimum Gasteiger partial charge on any atom is -0.382 e. The van der Waals surface area contributed by atoms with Crippen molar-refractivity contribution in [3.63, 3.8) is 0 Å². The highest BCUT2D eigenvalue weighted by Crippen LogP contribution is 2.38. The van der Waals surface area contributed by atoms with E-state index in [0.29, 0.717) is 18.9 Å². The molecule has 0 radical (unpaired) electrons. The normalized spacial score (nSPS) is 20.8. The van der Waals surface area contributed by atoms with E-state index in [2.05, 4.69) is 20.3 Å². The van der Waals surface area contributed by atoms with Crippen molar-refractivity contribution in [2.75, 3.05) is 38.3 Å². The van der Waals surface area contributed by atoms with Crippen LogP contribution < -0.4 is 10.2 Å². The fourth-order valence-electron chi connectivity index (χ4n) is 3.69. The van der Waals surface area contributed by atoms with E-state index in [1.807, 2.05) is 31.4 Å². The van der Waals surface area contributed by atoms with Crippen LogP contribution in [-0.2, 0) is 22.9 Å². The Labute approximate surface area is 164 Å². The minimum atomic E-state index is -0.189. The fourth-order valence-corrected chi connectivity index (χ4v) is 3.69. The molecule has 0 spiro atoms. The van der Waals surface area contributed by atoms with E-state index >= 15 is 0 Å². The molecule has 1 aliphatic heterocycles. The number of carbonyl (C=O) groups is 1. The van der Waals surface area contributed by atoms with Gasteiger partial charge in [-0.1, -0.05) is 0 Å². The summed E-state index contributed by atoms with van der Waals surface area (Å²) in [6.07, 6.45) is 6.36. The summed E-state index contributed by atoms with van der Waals surface area (Å²) in [4.78, 5) is 19.3. The third-order valence-corrected chi connectivity index (χ3v) is 5.35. The number of carbonyl (C=O) groups excluding carboxylic acids is 1. The summed E-state index contributed by atoms with van der Waals surface area (Å²) >= 11 is 0. The van der Waals surface area contributed by atoms with E-state index in [4.69, 9.17) is 9.47 Å². The number of amides is 1. The molecule has 2 aromatic rings. The first-order valence-electron chi connectivity index (χ1n) is 9.69. The number of hydrogen-bond acceptors (Lipinski definition) is 6.